The minimum absolute atomic E-state index is 0.174. The van der Waals surface area contributed by atoms with Gasteiger partial charge >= 0.3 is 0 Å². The first kappa shape index (κ1) is 17.9. The second-order valence-corrected chi connectivity index (χ2v) is 6.89. The number of piperazine rings is 1. The maximum Gasteiger partial charge on any atom is 0.167 e. The zero-order chi connectivity index (χ0) is 17.6. The summed E-state index contributed by atoms with van der Waals surface area (Å²) >= 11 is -1.80. The van der Waals surface area contributed by atoms with Crippen LogP contribution in [0, 0.1) is 5.82 Å². The molecular formula is C17H21FN4O2S. The van der Waals surface area contributed by atoms with Crippen LogP contribution in [0.4, 0.5) is 15.8 Å². The van der Waals surface area contributed by atoms with Gasteiger partial charge in [-0.2, -0.15) is 0 Å². The maximum atomic E-state index is 14.8. The Morgan fingerprint density at radius 1 is 1.12 bits per heavy atom. The summed E-state index contributed by atoms with van der Waals surface area (Å²) < 4.78 is 34.6. The Morgan fingerprint density at radius 3 is 2.48 bits per heavy atom. The molecule has 0 radical (unpaired) electrons. The molecule has 2 aromatic rings. The highest BCUT2D eigenvalue weighted by Gasteiger charge is 2.19. The van der Waals surface area contributed by atoms with Crippen molar-refractivity contribution >= 4 is 22.5 Å². The van der Waals surface area contributed by atoms with E-state index in [1.807, 2.05) is 11.0 Å². The molecular weight excluding hydrogens is 343 g/mol. The lowest BCUT2D eigenvalue weighted by molar-refractivity contribution is 0.140. The first-order chi connectivity index (χ1) is 12.1. The summed E-state index contributed by atoms with van der Waals surface area (Å²) in [7, 11) is 0. The summed E-state index contributed by atoms with van der Waals surface area (Å²) in [5.74, 6) is -0.0775. The van der Waals surface area contributed by atoms with Gasteiger partial charge in [-0.3, -0.25) is 14.8 Å². The van der Waals surface area contributed by atoms with Crippen LogP contribution in [0.5, 0.6) is 0 Å². The van der Waals surface area contributed by atoms with Gasteiger partial charge in [-0.05, 0) is 18.2 Å². The van der Waals surface area contributed by atoms with Crippen molar-refractivity contribution in [1.82, 2.24) is 14.8 Å². The Hall–Kier alpha value is -1.87. The summed E-state index contributed by atoms with van der Waals surface area (Å²) in [6, 6.07) is 8.93. The number of aromatic nitrogens is 1. The summed E-state index contributed by atoms with van der Waals surface area (Å²) in [6.45, 7) is 3.44. The molecule has 1 atom stereocenters. The van der Waals surface area contributed by atoms with Crippen LogP contribution in [-0.4, -0.2) is 55.6 Å². The number of nitrogens with one attached hydrogen (secondary N) is 1. The number of anilines is 2. The summed E-state index contributed by atoms with van der Waals surface area (Å²) in [5.41, 5.74) is 1.87. The average Bonchev–Trinajstić information content (AvgIpc) is 2.60. The number of halogens is 1. The third-order valence-corrected chi connectivity index (χ3v) is 4.78. The van der Waals surface area contributed by atoms with Crippen LogP contribution < -0.4 is 5.32 Å². The highest BCUT2D eigenvalue weighted by atomic mass is 32.2. The Labute approximate surface area is 149 Å². The van der Waals surface area contributed by atoms with Gasteiger partial charge in [0.25, 0.3) is 0 Å². The lowest BCUT2D eigenvalue weighted by atomic mass is 10.1. The van der Waals surface area contributed by atoms with Crippen molar-refractivity contribution in [3.8, 4) is 0 Å². The largest absolute Gasteiger partial charge is 0.353 e. The molecule has 8 heteroatoms. The first-order valence-electron chi connectivity index (χ1n) is 8.08. The Kier molecular flexibility index (Phi) is 6.09. The third-order valence-electron chi connectivity index (χ3n) is 4.19. The third kappa shape index (κ3) is 5.05. The first-order valence-corrected chi connectivity index (χ1v) is 9.36. The van der Waals surface area contributed by atoms with Gasteiger partial charge in [-0.15, -0.1) is 0 Å². The number of rotatable bonds is 6. The molecule has 2 N–H and O–H groups in total. The topological polar surface area (TPSA) is 68.7 Å². The summed E-state index contributed by atoms with van der Waals surface area (Å²) in [6.07, 6.45) is 3.31. The van der Waals surface area contributed by atoms with Gasteiger partial charge in [0.15, 0.2) is 16.9 Å². The molecule has 134 valence electrons. The molecule has 0 bridgehead atoms. The highest BCUT2D eigenvalue weighted by molar-refractivity contribution is 7.79. The number of hydrogen-bond acceptors (Lipinski definition) is 5. The number of benzene rings is 1. The predicted molar refractivity (Wildman–Crippen MR) is 96.4 cm³/mol. The second-order valence-electron chi connectivity index (χ2n) is 5.98. The molecule has 0 aliphatic carbocycles. The monoisotopic (exact) mass is 364 g/mol. The molecule has 0 saturated carbocycles. The standard InChI is InChI=1S/C17H21FN4O2S/c18-17-14(12-21-8-10-22(11-9-21)13-25(23)24)2-1-3-16(17)20-15-4-6-19-7-5-15/h1-7H,8-13H2,(H,19,20)(H,23,24). The van der Waals surface area contributed by atoms with Crippen LogP contribution in [0.2, 0.25) is 0 Å². The van der Waals surface area contributed by atoms with Crippen molar-refractivity contribution in [2.24, 2.45) is 0 Å². The van der Waals surface area contributed by atoms with Gasteiger partial charge in [0.2, 0.25) is 0 Å². The second kappa shape index (κ2) is 8.48. The molecule has 1 aliphatic rings. The van der Waals surface area contributed by atoms with Crippen LogP contribution in [0.25, 0.3) is 0 Å². The van der Waals surface area contributed by atoms with Gasteiger partial charge < -0.3 is 9.87 Å². The SMILES string of the molecule is O=S(O)CN1CCN(Cc2cccc(Nc3ccncc3)c2F)CC1. The molecule has 2 heterocycles. The molecule has 1 aromatic heterocycles. The summed E-state index contributed by atoms with van der Waals surface area (Å²) in [4.78, 5) is 8.06. The van der Waals surface area contributed by atoms with Crippen molar-refractivity contribution in [2.45, 2.75) is 6.54 Å². The number of pyridine rings is 1. The normalized spacial score (nSPS) is 17.4. The van der Waals surface area contributed by atoms with Crippen molar-refractivity contribution in [2.75, 3.05) is 37.4 Å². The van der Waals surface area contributed by atoms with Gasteiger partial charge in [-0.1, -0.05) is 12.1 Å². The molecule has 1 fully saturated rings. The van der Waals surface area contributed by atoms with Crippen LogP contribution in [0.3, 0.4) is 0 Å². The molecule has 1 aromatic carbocycles. The van der Waals surface area contributed by atoms with E-state index >= 15 is 0 Å². The molecule has 1 aliphatic heterocycles. The molecule has 6 nitrogen and oxygen atoms in total. The Bertz CT molecular complexity index is 724. The quantitative estimate of drug-likeness (QED) is 0.767. The Balaban J connectivity index is 1.62. The fraction of sp³-hybridized carbons (Fsp3) is 0.353. The van der Waals surface area contributed by atoms with E-state index in [1.54, 1.807) is 36.7 Å². The lowest BCUT2D eigenvalue weighted by Crippen LogP contribution is -2.46. The molecule has 1 saturated heterocycles. The van der Waals surface area contributed by atoms with E-state index in [0.29, 0.717) is 30.9 Å². The van der Waals surface area contributed by atoms with Gasteiger partial charge in [0, 0.05) is 56.4 Å². The van der Waals surface area contributed by atoms with Gasteiger partial charge in [0.05, 0.1) is 5.69 Å². The van der Waals surface area contributed by atoms with E-state index in [2.05, 4.69) is 15.2 Å². The average molecular weight is 364 g/mol. The lowest BCUT2D eigenvalue weighted by Gasteiger charge is -2.34. The van der Waals surface area contributed by atoms with E-state index in [-0.39, 0.29) is 11.7 Å². The molecule has 25 heavy (non-hydrogen) atoms. The minimum Gasteiger partial charge on any atom is -0.353 e. The fourth-order valence-corrected chi connectivity index (χ4v) is 3.43. The molecule has 0 amide bonds. The van der Waals surface area contributed by atoms with Crippen molar-refractivity contribution in [1.29, 1.82) is 0 Å². The van der Waals surface area contributed by atoms with Crippen LogP contribution in [0.1, 0.15) is 5.56 Å². The number of hydrogen-bond donors (Lipinski definition) is 2. The van der Waals surface area contributed by atoms with E-state index < -0.39 is 11.1 Å². The molecule has 1 unspecified atom stereocenters. The maximum absolute atomic E-state index is 14.8. The zero-order valence-corrected chi connectivity index (χ0v) is 14.6. The summed E-state index contributed by atoms with van der Waals surface area (Å²) in [5, 5.41) is 3.08. The van der Waals surface area contributed by atoms with Crippen LogP contribution >= 0.6 is 0 Å². The Morgan fingerprint density at radius 2 is 1.80 bits per heavy atom. The fourth-order valence-electron chi connectivity index (χ4n) is 2.86. The zero-order valence-electron chi connectivity index (χ0n) is 13.8. The van der Waals surface area contributed by atoms with Crippen molar-refractivity contribution in [3.63, 3.8) is 0 Å². The molecule has 0 spiro atoms. The van der Waals surface area contributed by atoms with Gasteiger partial charge in [0.1, 0.15) is 5.88 Å². The van der Waals surface area contributed by atoms with Crippen molar-refractivity contribution < 1.29 is 13.2 Å². The predicted octanol–water partition coefficient (Wildman–Crippen LogP) is 2.26. The molecule has 3 rings (SSSR count). The van der Waals surface area contributed by atoms with E-state index in [9.17, 15) is 8.60 Å². The smallest absolute Gasteiger partial charge is 0.167 e. The minimum atomic E-state index is -1.80. The van der Waals surface area contributed by atoms with Crippen LogP contribution in [-0.2, 0) is 17.6 Å². The van der Waals surface area contributed by atoms with Gasteiger partial charge in [-0.25, -0.2) is 8.60 Å². The highest BCUT2D eigenvalue weighted by Crippen LogP contribution is 2.23. The van der Waals surface area contributed by atoms with E-state index in [1.165, 1.54) is 0 Å². The van der Waals surface area contributed by atoms with Crippen molar-refractivity contribution in [3.05, 3.63) is 54.1 Å². The van der Waals surface area contributed by atoms with E-state index in [0.717, 1.165) is 18.8 Å². The van der Waals surface area contributed by atoms with Crippen LogP contribution in [0.15, 0.2) is 42.7 Å². The van der Waals surface area contributed by atoms with E-state index in [4.69, 9.17) is 4.55 Å². The number of nitrogens with zero attached hydrogens (tertiary/aromatic N) is 3.